The lowest BCUT2D eigenvalue weighted by molar-refractivity contribution is 0.517. The van der Waals surface area contributed by atoms with Gasteiger partial charge in [-0.15, -0.1) is 0 Å². The second kappa shape index (κ2) is 4.73. The molecule has 4 nitrogen and oxygen atoms in total. The topological polar surface area (TPSA) is 55.5 Å². The van der Waals surface area contributed by atoms with Gasteiger partial charge in [-0.05, 0) is 24.6 Å². The van der Waals surface area contributed by atoms with Crippen LogP contribution in [0.4, 0.5) is 5.69 Å². The van der Waals surface area contributed by atoms with Crippen LogP contribution in [-0.2, 0) is 11.2 Å². The van der Waals surface area contributed by atoms with Crippen molar-refractivity contribution in [2.75, 3.05) is 0 Å². The SMILES string of the molecule is CCCCc1nc2cc(N=C=O)ccc2o1. The summed E-state index contributed by atoms with van der Waals surface area (Å²) in [7, 11) is 0. The van der Waals surface area contributed by atoms with Gasteiger partial charge in [-0.1, -0.05) is 13.3 Å². The van der Waals surface area contributed by atoms with Crippen LogP contribution in [0, 0.1) is 0 Å². The van der Waals surface area contributed by atoms with E-state index < -0.39 is 0 Å². The Balaban J connectivity index is 2.34. The van der Waals surface area contributed by atoms with E-state index in [2.05, 4.69) is 16.9 Å². The minimum Gasteiger partial charge on any atom is -0.441 e. The molecule has 1 aromatic heterocycles. The molecular formula is C12H12N2O2. The number of aryl methyl sites for hydroxylation is 1. The van der Waals surface area contributed by atoms with E-state index in [1.165, 1.54) is 6.08 Å². The van der Waals surface area contributed by atoms with E-state index in [1.807, 2.05) is 0 Å². The standard InChI is InChI=1S/C12H12N2O2/c1-2-3-4-12-14-10-7-9(13-8-15)5-6-11(10)16-12/h5-7H,2-4H2,1H3. The van der Waals surface area contributed by atoms with Crippen LogP contribution in [0.3, 0.4) is 0 Å². The highest BCUT2D eigenvalue weighted by Crippen LogP contribution is 2.22. The number of aromatic nitrogens is 1. The van der Waals surface area contributed by atoms with Gasteiger partial charge in [0.15, 0.2) is 11.5 Å². The number of nitrogens with zero attached hydrogens (tertiary/aromatic N) is 2. The summed E-state index contributed by atoms with van der Waals surface area (Å²) in [5.41, 5.74) is 2.02. The van der Waals surface area contributed by atoms with Crippen LogP contribution in [0.1, 0.15) is 25.7 Å². The summed E-state index contributed by atoms with van der Waals surface area (Å²) < 4.78 is 5.55. The summed E-state index contributed by atoms with van der Waals surface area (Å²) in [6.45, 7) is 2.12. The van der Waals surface area contributed by atoms with Gasteiger partial charge in [-0.3, -0.25) is 0 Å². The van der Waals surface area contributed by atoms with Crippen LogP contribution in [0.5, 0.6) is 0 Å². The molecule has 0 saturated carbocycles. The van der Waals surface area contributed by atoms with Gasteiger partial charge in [0, 0.05) is 6.42 Å². The van der Waals surface area contributed by atoms with Gasteiger partial charge in [0.2, 0.25) is 6.08 Å². The summed E-state index contributed by atoms with van der Waals surface area (Å²) in [5.74, 6) is 0.740. The number of carbonyl (C=O) groups excluding carboxylic acids is 1. The first-order chi connectivity index (χ1) is 7.83. The van der Waals surface area contributed by atoms with E-state index in [9.17, 15) is 4.79 Å². The first-order valence-corrected chi connectivity index (χ1v) is 5.31. The molecule has 0 bridgehead atoms. The van der Waals surface area contributed by atoms with E-state index in [0.29, 0.717) is 5.69 Å². The molecule has 0 spiro atoms. The molecule has 1 aromatic carbocycles. The Morgan fingerprint density at radius 3 is 3.12 bits per heavy atom. The highest BCUT2D eigenvalue weighted by atomic mass is 16.3. The number of benzene rings is 1. The number of hydrogen-bond donors (Lipinski definition) is 0. The lowest BCUT2D eigenvalue weighted by Gasteiger charge is -1.89. The van der Waals surface area contributed by atoms with Crippen molar-refractivity contribution in [2.45, 2.75) is 26.2 Å². The molecule has 16 heavy (non-hydrogen) atoms. The van der Waals surface area contributed by atoms with Crippen LogP contribution < -0.4 is 0 Å². The third kappa shape index (κ3) is 2.18. The summed E-state index contributed by atoms with van der Waals surface area (Å²) >= 11 is 0. The van der Waals surface area contributed by atoms with Gasteiger partial charge < -0.3 is 4.42 Å². The summed E-state index contributed by atoms with van der Waals surface area (Å²) in [6, 6.07) is 5.20. The van der Waals surface area contributed by atoms with Gasteiger partial charge in [-0.25, -0.2) is 9.78 Å². The number of hydrogen-bond acceptors (Lipinski definition) is 4. The summed E-state index contributed by atoms with van der Waals surface area (Å²) in [5, 5.41) is 0. The van der Waals surface area contributed by atoms with E-state index in [1.54, 1.807) is 18.2 Å². The Hall–Kier alpha value is -1.93. The van der Waals surface area contributed by atoms with E-state index in [-0.39, 0.29) is 0 Å². The van der Waals surface area contributed by atoms with Gasteiger partial charge in [0.1, 0.15) is 5.52 Å². The van der Waals surface area contributed by atoms with Crippen molar-refractivity contribution >= 4 is 22.9 Å². The Kier molecular flexibility index (Phi) is 3.13. The predicted molar refractivity (Wildman–Crippen MR) is 60.4 cm³/mol. The molecule has 0 radical (unpaired) electrons. The fraction of sp³-hybridized carbons (Fsp3) is 0.333. The molecule has 0 fully saturated rings. The van der Waals surface area contributed by atoms with E-state index >= 15 is 0 Å². The lowest BCUT2D eigenvalue weighted by Crippen LogP contribution is -1.82. The van der Waals surface area contributed by atoms with Crippen LogP contribution in [0.2, 0.25) is 0 Å². The van der Waals surface area contributed by atoms with Crippen LogP contribution >= 0.6 is 0 Å². The fourth-order valence-corrected chi connectivity index (χ4v) is 1.52. The third-order valence-corrected chi connectivity index (χ3v) is 2.33. The zero-order valence-corrected chi connectivity index (χ0v) is 9.06. The Bertz CT molecular complexity index is 539. The van der Waals surface area contributed by atoms with Gasteiger partial charge >= 0.3 is 0 Å². The highest BCUT2D eigenvalue weighted by molar-refractivity contribution is 5.77. The Labute approximate surface area is 93.0 Å². The van der Waals surface area contributed by atoms with Crippen molar-refractivity contribution in [2.24, 2.45) is 4.99 Å². The van der Waals surface area contributed by atoms with Crippen molar-refractivity contribution in [3.63, 3.8) is 0 Å². The summed E-state index contributed by atoms with van der Waals surface area (Å²) in [6.07, 6.45) is 4.52. The van der Waals surface area contributed by atoms with Gasteiger partial charge in [0.05, 0.1) is 5.69 Å². The lowest BCUT2D eigenvalue weighted by atomic mass is 10.2. The maximum absolute atomic E-state index is 10.1. The van der Waals surface area contributed by atoms with Crippen LogP contribution in [0.15, 0.2) is 27.6 Å². The molecular weight excluding hydrogens is 204 g/mol. The molecule has 82 valence electrons. The molecule has 0 aliphatic heterocycles. The first-order valence-electron chi connectivity index (χ1n) is 5.31. The monoisotopic (exact) mass is 216 g/mol. The number of fused-ring (bicyclic) bond motifs is 1. The summed E-state index contributed by atoms with van der Waals surface area (Å²) in [4.78, 5) is 18.0. The normalized spacial score (nSPS) is 10.3. The van der Waals surface area contributed by atoms with Crippen LogP contribution in [-0.4, -0.2) is 11.1 Å². The highest BCUT2D eigenvalue weighted by Gasteiger charge is 2.05. The zero-order chi connectivity index (χ0) is 11.4. The molecule has 4 heteroatoms. The molecule has 0 N–H and O–H groups in total. The largest absolute Gasteiger partial charge is 0.441 e. The number of unbranched alkanes of at least 4 members (excludes halogenated alkanes) is 1. The molecule has 0 amide bonds. The Morgan fingerprint density at radius 2 is 2.38 bits per heavy atom. The number of isocyanates is 1. The third-order valence-electron chi connectivity index (χ3n) is 2.33. The predicted octanol–water partition coefficient (Wildman–Crippen LogP) is 3.14. The second-order valence-corrected chi connectivity index (χ2v) is 3.57. The molecule has 0 atom stereocenters. The Morgan fingerprint density at radius 1 is 1.50 bits per heavy atom. The molecule has 2 aromatic rings. The number of rotatable bonds is 4. The quantitative estimate of drug-likeness (QED) is 0.582. The maximum Gasteiger partial charge on any atom is 0.240 e. The average Bonchev–Trinajstić information content (AvgIpc) is 2.68. The van der Waals surface area contributed by atoms with Crippen molar-refractivity contribution in [1.82, 2.24) is 4.98 Å². The van der Waals surface area contributed by atoms with E-state index in [4.69, 9.17) is 4.42 Å². The average molecular weight is 216 g/mol. The molecule has 0 aliphatic carbocycles. The molecule has 2 rings (SSSR count). The van der Waals surface area contributed by atoms with Gasteiger partial charge in [-0.2, -0.15) is 4.99 Å². The fourth-order valence-electron chi connectivity index (χ4n) is 1.52. The van der Waals surface area contributed by atoms with Crippen LogP contribution in [0.25, 0.3) is 11.1 Å². The molecule has 0 unspecified atom stereocenters. The van der Waals surface area contributed by atoms with Crippen molar-refractivity contribution in [3.8, 4) is 0 Å². The number of oxazole rings is 1. The second-order valence-electron chi connectivity index (χ2n) is 3.57. The molecule has 0 saturated heterocycles. The first kappa shape index (κ1) is 10.6. The minimum absolute atomic E-state index is 0.554. The molecule has 0 aliphatic rings. The minimum atomic E-state index is 0.554. The van der Waals surface area contributed by atoms with Crippen molar-refractivity contribution in [3.05, 3.63) is 24.1 Å². The van der Waals surface area contributed by atoms with Crippen molar-refractivity contribution in [1.29, 1.82) is 0 Å². The zero-order valence-electron chi connectivity index (χ0n) is 9.06. The smallest absolute Gasteiger partial charge is 0.240 e. The maximum atomic E-state index is 10.1. The van der Waals surface area contributed by atoms with Gasteiger partial charge in [0.25, 0.3) is 0 Å². The number of aliphatic imine (C=N–C) groups is 1. The van der Waals surface area contributed by atoms with Crippen molar-refractivity contribution < 1.29 is 9.21 Å². The molecule has 1 heterocycles. The van der Waals surface area contributed by atoms with E-state index in [0.717, 1.165) is 36.3 Å².